The first-order valence-corrected chi connectivity index (χ1v) is 7.05. The third-order valence-electron chi connectivity index (χ3n) is 3.07. The highest BCUT2D eigenvalue weighted by atomic mass is 19.1. The van der Waals surface area contributed by atoms with E-state index in [1.54, 1.807) is 19.9 Å². The number of carbonyl (C=O) groups excluding carboxylic acids is 2. The smallest absolute Gasteiger partial charge is 0.265 e. The van der Waals surface area contributed by atoms with Crippen LogP contribution in [0, 0.1) is 12.7 Å². The molecule has 0 bridgehead atoms. The molecule has 0 saturated carbocycles. The van der Waals surface area contributed by atoms with Crippen molar-refractivity contribution >= 4 is 17.6 Å². The van der Waals surface area contributed by atoms with Crippen LogP contribution in [-0.2, 0) is 4.79 Å². The van der Waals surface area contributed by atoms with E-state index in [9.17, 15) is 14.0 Å². The normalized spacial score (nSPS) is 11.8. The summed E-state index contributed by atoms with van der Waals surface area (Å²) < 4.78 is 17.7. The number of benzene rings is 1. The number of rotatable bonds is 6. The highest BCUT2D eigenvalue weighted by molar-refractivity contribution is 5.96. The van der Waals surface area contributed by atoms with Crippen LogP contribution in [0.2, 0.25) is 0 Å². The Morgan fingerprint density at radius 1 is 1.30 bits per heavy atom. The van der Waals surface area contributed by atoms with Crippen LogP contribution >= 0.6 is 0 Å². The fraction of sp³-hybridized carbons (Fsp3) is 0.267. The van der Waals surface area contributed by atoms with E-state index >= 15 is 0 Å². The van der Waals surface area contributed by atoms with Gasteiger partial charge >= 0.3 is 0 Å². The van der Waals surface area contributed by atoms with Gasteiger partial charge in [-0.25, -0.2) is 9.82 Å². The van der Waals surface area contributed by atoms with Crippen LogP contribution in [0.25, 0.3) is 0 Å². The number of carbonyl (C=O) groups is 2. The second-order valence-electron chi connectivity index (χ2n) is 4.88. The van der Waals surface area contributed by atoms with Gasteiger partial charge in [0.2, 0.25) is 5.91 Å². The Balaban J connectivity index is 1.89. The lowest BCUT2D eigenvalue weighted by Gasteiger charge is -2.16. The monoisotopic (exact) mass is 320 g/mol. The molecule has 8 heteroatoms. The first-order valence-electron chi connectivity index (χ1n) is 7.05. The van der Waals surface area contributed by atoms with Gasteiger partial charge in [0.25, 0.3) is 5.91 Å². The lowest BCUT2D eigenvalue weighted by atomic mass is 10.2. The van der Waals surface area contributed by atoms with Crippen LogP contribution in [0.15, 0.2) is 34.9 Å². The quantitative estimate of drug-likeness (QED) is 0.705. The van der Waals surface area contributed by atoms with Crippen LogP contribution in [0.5, 0.6) is 0 Å². The number of hydrogen-bond donors (Lipinski definition) is 3. The molecule has 0 aliphatic rings. The van der Waals surface area contributed by atoms with Gasteiger partial charge in [0.15, 0.2) is 5.82 Å². The summed E-state index contributed by atoms with van der Waals surface area (Å²) in [6.07, 6.45) is 0.437. The van der Waals surface area contributed by atoms with Crippen molar-refractivity contribution < 1.29 is 18.5 Å². The first kappa shape index (κ1) is 16.6. The number of anilines is 1. The summed E-state index contributed by atoms with van der Waals surface area (Å²) in [6.45, 7) is 3.50. The maximum Gasteiger partial charge on any atom is 0.265 e. The topological polar surface area (TPSA) is 96.3 Å². The largest absolute Gasteiger partial charge is 0.360 e. The zero-order valence-corrected chi connectivity index (χ0v) is 12.7. The van der Waals surface area contributed by atoms with Gasteiger partial charge in [-0.05, 0) is 37.6 Å². The van der Waals surface area contributed by atoms with Gasteiger partial charge in [0, 0.05) is 11.6 Å². The third-order valence-corrected chi connectivity index (χ3v) is 3.07. The lowest BCUT2D eigenvalue weighted by Crippen LogP contribution is -2.49. The number of hydrazine groups is 1. The van der Waals surface area contributed by atoms with Crippen LogP contribution in [0.3, 0.4) is 0 Å². The second kappa shape index (κ2) is 7.50. The van der Waals surface area contributed by atoms with Crippen LogP contribution in [-0.4, -0.2) is 23.0 Å². The van der Waals surface area contributed by atoms with E-state index in [4.69, 9.17) is 4.52 Å². The van der Waals surface area contributed by atoms with E-state index in [-0.39, 0.29) is 11.5 Å². The Morgan fingerprint density at radius 2 is 2.00 bits per heavy atom. The first-order chi connectivity index (χ1) is 11.0. The highest BCUT2D eigenvalue weighted by Crippen LogP contribution is 2.08. The van der Waals surface area contributed by atoms with E-state index in [0.717, 1.165) is 0 Å². The molecule has 2 amide bonds. The van der Waals surface area contributed by atoms with E-state index < -0.39 is 17.8 Å². The molecule has 122 valence electrons. The molecular formula is C15H17FN4O3. The second-order valence-corrected chi connectivity index (χ2v) is 4.88. The molecule has 0 aliphatic heterocycles. The lowest BCUT2D eigenvalue weighted by molar-refractivity contribution is -0.118. The van der Waals surface area contributed by atoms with Crippen LogP contribution < -0.4 is 16.2 Å². The third kappa shape index (κ3) is 4.62. The minimum Gasteiger partial charge on any atom is -0.360 e. The van der Waals surface area contributed by atoms with Crippen molar-refractivity contribution in [3.63, 3.8) is 0 Å². The predicted molar refractivity (Wildman–Crippen MR) is 81.0 cm³/mol. The number of amides is 2. The van der Waals surface area contributed by atoms with Crippen molar-refractivity contribution in [2.24, 2.45) is 0 Å². The van der Waals surface area contributed by atoms with Gasteiger partial charge < -0.3 is 9.84 Å². The van der Waals surface area contributed by atoms with Gasteiger partial charge in [-0.15, -0.1) is 0 Å². The zero-order chi connectivity index (χ0) is 16.8. The molecule has 7 nitrogen and oxygen atoms in total. The van der Waals surface area contributed by atoms with Crippen molar-refractivity contribution in [3.8, 4) is 0 Å². The molecule has 0 unspecified atom stereocenters. The van der Waals surface area contributed by atoms with E-state index in [1.807, 2.05) is 0 Å². The standard InChI is InChI=1S/C15H17FN4O3/c1-3-12(15(22)17-13-8-9(2)23-20-13)18-19-14(21)10-4-6-11(16)7-5-10/h4-8,12,18H,3H2,1-2H3,(H,19,21)(H,17,20,22)/t12-/m0/s1. The van der Waals surface area contributed by atoms with Crippen LogP contribution in [0.1, 0.15) is 29.5 Å². The summed E-state index contributed by atoms with van der Waals surface area (Å²) in [6, 6.07) is 6.01. The molecule has 0 spiro atoms. The molecule has 0 aliphatic carbocycles. The van der Waals surface area contributed by atoms with Gasteiger partial charge in [-0.3, -0.25) is 15.0 Å². The molecule has 2 aromatic rings. The summed E-state index contributed by atoms with van der Waals surface area (Å²) in [5.74, 6) is -0.375. The molecule has 1 heterocycles. The Hall–Kier alpha value is -2.74. The Morgan fingerprint density at radius 3 is 2.57 bits per heavy atom. The molecule has 0 fully saturated rings. The van der Waals surface area contributed by atoms with E-state index in [0.29, 0.717) is 18.0 Å². The maximum atomic E-state index is 12.8. The van der Waals surface area contributed by atoms with Gasteiger partial charge in [0.05, 0.1) is 0 Å². The number of aryl methyl sites for hydroxylation is 1. The van der Waals surface area contributed by atoms with Crippen molar-refractivity contribution in [2.45, 2.75) is 26.3 Å². The van der Waals surface area contributed by atoms with Crippen molar-refractivity contribution in [2.75, 3.05) is 5.32 Å². The zero-order valence-electron chi connectivity index (χ0n) is 12.7. The predicted octanol–water partition coefficient (Wildman–Crippen LogP) is 1.77. The number of halogens is 1. The van der Waals surface area contributed by atoms with Gasteiger partial charge in [-0.1, -0.05) is 12.1 Å². The molecule has 1 aromatic heterocycles. The molecular weight excluding hydrogens is 303 g/mol. The fourth-order valence-electron chi connectivity index (χ4n) is 1.82. The molecule has 0 radical (unpaired) electrons. The summed E-state index contributed by atoms with van der Waals surface area (Å²) in [4.78, 5) is 24.0. The van der Waals surface area contributed by atoms with Crippen molar-refractivity contribution in [1.82, 2.24) is 16.0 Å². The number of nitrogens with one attached hydrogen (secondary N) is 3. The fourth-order valence-corrected chi connectivity index (χ4v) is 1.82. The highest BCUT2D eigenvalue weighted by Gasteiger charge is 2.18. The minimum atomic E-state index is -0.656. The average molecular weight is 320 g/mol. The Bertz CT molecular complexity index is 684. The summed E-state index contributed by atoms with van der Waals surface area (Å²) in [7, 11) is 0. The molecule has 23 heavy (non-hydrogen) atoms. The van der Waals surface area contributed by atoms with Gasteiger partial charge in [0.1, 0.15) is 17.6 Å². The molecule has 3 N–H and O–H groups in total. The number of aromatic nitrogens is 1. The number of hydrogen-bond acceptors (Lipinski definition) is 5. The summed E-state index contributed by atoms with van der Waals surface area (Å²) in [5.41, 5.74) is 5.35. The Kier molecular flexibility index (Phi) is 5.42. The molecule has 1 atom stereocenters. The van der Waals surface area contributed by atoms with E-state index in [2.05, 4.69) is 21.3 Å². The SMILES string of the molecule is CC[C@H](NNC(=O)c1ccc(F)cc1)C(=O)Nc1cc(C)on1. The van der Waals surface area contributed by atoms with Crippen molar-refractivity contribution in [3.05, 3.63) is 47.5 Å². The molecule has 2 rings (SSSR count). The average Bonchev–Trinajstić information content (AvgIpc) is 2.93. The van der Waals surface area contributed by atoms with Gasteiger partial charge in [-0.2, -0.15) is 0 Å². The Labute approximate surface area is 132 Å². The van der Waals surface area contributed by atoms with Crippen LogP contribution in [0.4, 0.5) is 10.2 Å². The number of nitrogens with zero attached hydrogens (tertiary/aromatic N) is 1. The minimum absolute atomic E-state index is 0.279. The molecule has 1 aromatic carbocycles. The summed E-state index contributed by atoms with van der Waals surface area (Å²) in [5, 5.41) is 6.24. The van der Waals surface area contributed by atoms with E-state index in [1.165, 1.54) is 24.3 Å². The van der Waals surface area contributed by atoms with Crippen molar-refractivity contribution in [1.29, 1.82) is 0 Å². The molecule has 0 saturated heterocycles. The summed E-state index contributed by atoms with van der Waals surface area (Å²) >= 11 is 0. The maximum absolute atomic E-state index is 12.8.